The van der Waals surface area contributed by atoms with E-state index in [1.165, 1.54) is 193 Å². The van der Waals surface area contributed by atoms with E-state index >= 15 is 0 Å². The summed E-state index contributed by atoms with van der Waals surface area (Å²) < 4.78 is 30.3. The number of allylic oxidation sites excluding steroid dienone is 7. The third-order valence-electron chi connectivity index (χ3n) is 14.5. The standard InChI is InChI=1S/C66H125N2O7P/c1-7-10-13-16-19-22-25-28-30-31-32-33-34-35-36-37-38-41-44-47-50-53-56-59-66(70)75-64(57-54-51-48-45-42-39-27-24-21-18-15-12-9-3)63(62-74-76(71,72)73-61-60-68(4,5)6)67-65(69)58-55-52-49-46-43-40-29-26-23-20-17-14-11-8-2/h11,14,20,23,28,30,54,57,63-64H,7-10,12-13,15-19,21-22,24-27,29,31-53,55-56,58-62H2,1-6H3,(H-,67,69,71,72)/b14-11+,23-20+,30-28+,57-54-. The average molecular weight is 1090 g/mol. The van der Waals surface area contributed by atoms with Crippen LogP contribution in [-0.4, -0.2) is 69.4 Å². The molecule has 0 aromatic heterocycles. The second kappa shape index (κ2) is 56.3. The molecule has 3 unspecified atom stereocenters. The molecule has 446 valence electrons. The lowest BCUT2D eigenvalue weighted by Crippen LogP contribution is -2.47. The van der Waals surface area contributed by atoms with Gasteiger partial charge >= 0.3 is 5.97 Å². The minimum atomic E-state index is -4.70. The minimum Gasteiger partial charge on any atom is -0.756 e. The topological polar surface area (TPSA) is 114 Å². The number of carbonyl (C=O) groups excluding carboxylic acids is 2. The van der Waals surface area contributed by atoms with Gasteiger partial charge in [-0.25, -0.2) is 0 Å². The highest BCUT2D eigenvalue weighted by Crippen LogP contribution is 2.38. The lowest BCUT2D eigenvalue weighted by molar-refractivity contribution is -0.870. The fraction of sp³-hybridized carbons (Fsp3) is 0.848. The third kappa shape index (κ3) is 56.7. The van der Waals surface area contributed by atoms with Crippen LogP contribution in [0.1, 0.15) is 310 Å². The number of phosphoric ester groups is 1. The van der Waals surface area contributed by atoms with Crippen LogP contribution in [-0.2, 0) is 27.9 Å². The number of unbranched alkanes of at least 4 members (excludes halogenated alkanes) is 37. The highest BCUT2D eigenvalue weighted by Gasteiger charge is 2.27. The number of nitrogens with zero attached hydrogens (tertiary/aromatic N) is 1. The van der Waals surface area contributed by atoms with Crippen molar-refractivity contribution in [3.05, 3.63) is 48.6 Å². The van der Waals surface area contributed by atoms with Crippen molar-refractivity contribution in [1.29, 1.82) is 0 Å². The van der Waals surface area contributed by atoms with Gasteiger partial charge in [0.05, 0.1) is 33.8 Å². The van der Waals surface area contributed by atoms with Crippen molar-refractivity contribution < 1.29 is 37.3 Å². The monoisotopic (exact) mass is 1090 g/mol. The maximum Gasteiger partial charge on any atom is 0.306 e. The number of rotatable bonds is 59. The molecule has 0 heterocycles. The van der Waals surface area contributed by atoms with Gasteiger partial charge < -0.3 is 28.5 Å². The van der Waals surface area contributed by atoms with Crippen molar-refractivity contribution in [1.82, 2.24) is 5.32 Å². The van der Waals surface area contributed by atoms with Gasteiger partial charge in [0.15, 0.2) is 0 Å². The molecule has 9 nitrogen and oxygen atoms in total. The quantitative estimate of drug-likeness (QED) is 0.0212. The van der Waals surface area contributed by atoms with Crippen LogP contribution in [0.2, 0.25) is 0 Å². The minimum absolute atomic E-state index is 0.0232. The number of likely N-dealkylation sites (N-methyl/N-ethyl adjacent to an activating group) is 1. The van der Waals surface area contributed by atoms with E-state index in [2.05, 4.69) is 62.5 Å². The number of carbonyl (C=O) groups is 2. The first kappa shape index (κ1) is 74.0. The Balaban J connectivity index is 5.15. The molecule has 0 aliphatic carbocycles. The van der Waals surface area contributed by atoms with Gasteiger partial charge in [-0.1, -0.05) is 262 Å². The summed E-state index contributed by atoms with van der Waals surface area (Å²) in [6.45, 7) is 6.76. The van der Waals surface area contributed by atoms with Gasteiger partial charge in [-0.15, -0.1) is 0 Å². The van der Waals surface area contributed by atoms with Gasteiger partial charge in [-0.05, 0) is 83.1 Å². The smallest absolute Gasteiger partial charge is 0.306 e. The van der Waals surface area contributed by atoms with E-state index < -0.39 is 20.0 Å². The maximum atomic E-state index is 13.5. The van der Waals surface area contributed by atoms with Gasteiger partial charge in [0.25, 0.3) is 7.82 Å². The predicted molar refractivity (Wildman–Crippen MR) is 326 cm³/mol. The summed E-state index contributed by atoms with van der Waals surface area (Å²) in [5.41, 5.74) is 0. The largest absolute Gasteiger partial charge is 0.756 e. The fourth-order valence-electron chi connectivity index (χ4n) is 9.50. The molecule has 0 spiro atoms. The van der Waals surface area contributed by atoms with Gasteiger partial charge in [-0.2, -0.15) is 0 Å². The van der Waals surface area contributed by atoms with Gasteiger partial charge in [0, 0.05) is 12.8 Å². The predicted octanol–water partition coefficient (Wildman–Crippen LogP) is 19.4. The first-order valence-electron chi connectivity index (χ1n) is 32.4. The molecule has 0 fully saturated rings. The molecule has 0 radical (unpaired) electrons. The number of amides is 1. The van der Waals surface area contributed by atoms with Crippen LogP contribution in [0, 0.1) is 0 Å². The molecule has 0 aromatic rings. The van der Waals surface area contributed by atoms with Crippen LogP contribution in [0.3, 0.4) is 0 Å². The zero-order valence-corrected chi connectivity index (χ0v) is 51.9. The second-order valence-corrected chi connectivity index (χ2v) is 24.6. The first-order chi connectivity index (χ1) is 36.9. The van der Waals surface area contributed by atoms with Crippen LogP contribution in [0.5, 0.6) is 0 Å². The van der Waals surface area contributed by atoms with Gasteiger partial charge in [0.2, 0.25) is 5.91 Å². The molecule has 10 heteroatoms. The van der Waals surface area contributed by atoms with Crippen molar-refractivity contribution in [2.45, 2.75) is 322 Å². The Kier molecular flexibility index (Phi) is 54.7. The number of hydrogen-bond donors (Lipinski definition) is 1. The Hall–Kier alpha value is -2.03. The normalized spacial score (nSPS) is 13.9. The van der Waals surface area contributed by atoms with Crippen molar-refractivity contribution >= 4 is 19.7 Å². The highest BCUT2D eigenvalue weighted by molar-refractivity contribution is 7.45. The number of esters is 1. The highest BCUT2D eigenvalue weighted by atomic mass is 31.2. The number of nitrogens with one attached hydrogen (secondary N) is 1. The number of phosphoric acid groups is 1. The molecule has 0 aliphatic rings. The van der Waals surface area contributed by atoms with E-state index in [1.54, 1.807) is 0 Å². The van der Waals surface area contributed by atoms with Crippen molar-refractivity contribution in [2.24, 2.45) is 0 Å². The maximum absolute atomic E-state index is 13.5. The molecule has 1 amide bonds. The molecular formula is C66H125N2O7P. The molecule has 0 bridgehead atoms. The number of ether oxygens (including phenoxy) is 1. The molecule has 0 aromatic carbocycles. The van der Waals surface area contributed by atoms with Gasteiger partial charge in [-0.3, -0.25) is 14.2 Å². The van der Waals surface area contributed by atoms with Gasteiger partial charge in [0.1, 0.15) is 19.3 Å². The fourth-order valence-corrected chi connectivity index (χ4v) is 10.2. The summed E-state index contributed by atoms with van der Waals surface area (Å²) in [6.07, 6.45) is 69.4. The molecule has 3 atom stereocenters. The van der Waals surface area contributed by atoms with Crippen LogP contribution >= 0.6 is 7.82 Å². The summed E-state index contributed by atoms with van der Waals surface area (Å²) in [4.78, 5) is 40.0. The summed E-state index contributed by atoms with van der Waals surface area (Å²) in [5, 5.41) is 3.03. The lowest BCUT2D eigenvalue weighted by Gasteiger charge is -2.30. The first-order valence-corrected chi connectivity index (χ1v) is 33.9. The van der Waals surface area contributed by atoms with Crippen LogP contribution in [0.4, 0.5) is 0 Å². The Morgan fingerprint density at radius 2 is 0.842 bits per heavy atom. The van der Waals surface area contributed by atoms with E-state index in [0.29, 0.717) is 17.4 Å². The van der Waals surface area contributed by atoms with Crippen molar-refractivity contribution in [3.63, 3.8) is 0 Å². The average Bonchev–Trinajstić information content (AvgIpc) is 3.38. The SMILES string of the molecule is CC/C=C/C/C=C/CCCCCCCCCC(=O)NC(COP(=O)([O-])OCC[N+](C)(C)C)C(/C=C\CCCCCCCCCCCCC)OC(=O)CCCCCCCCCCCCCCC/C=C/CCCCCCCC. The molecule has 0 saturated heterocycles. The molecular weight excluding hydrogens is 964 g/mol. The van der Waals surface area contributed by atoms with E-state index in [4.69, 9.17) is 13.8 Å². The Bertz CT molecular complexity index is 1440. The van der Waals surface area contributed by atoms with E-state index in [1.807, 2.05) is 33.3 Å². The molecule has 0 saturated carbocycles. The number of hydrogen-bond acceptors (Lipinski definition) is 7. The number of quaternary nitrogens is 1. The van der Waals surface area contributed by atoms with E-state index in [9.17, 15) is 19.0 Å². The molecule has 0 aliphatic heterocycles. The molecule has 0 rings (SSSR count). The van der Waals surface area contributed by atoms with E-state index in [0.717, 1.165) is 83.5 Å². The zero-order valence-electron chi connectivity index (χ0n) is 51.0. The van der Waals surface area contributed by atoms with Crippen LogP contribution < -0.4 is 10.2 Å². The Labute approximate surface area is 471 Å². The lowest BCUT2D eigenvalue weighted by atomic mass is 10.0. The van der Waals surface area contributed by atoms with Crippen molar-refractivity contribution in [3.8, 4) is 0 Å². The van der Waals surface area contributed by atoms with E-state index in [-0.39, 0.29) is 31.5 Å². The zero-order chi connectivity index (χ0) is 55.7. The summed E-state index contributed by atoms with van der Waals surface area (Å²) >= 11 is 0. The summed E-state index contributed by atoms with van der Waals surface area (Å²) in [5.74, 6) is -0.540. The Morgan fingerprint density at radius 1 is 0.474 bits per heavy atom. The Morgan fingerprint density at radius 3 is 1.26 bits per heavy atom. The second-order valence-electron chi connectivity index (χ2n) is 23.2. The summed E-state index contributed by atoms with van der Waals surface area (Å²) in [7, 11) is 1.19. The van der Waals surface area contributed by atoms with Crippen molar-refractivity contribution in [2.75, 3.05) is 40.9 Å². The summed E-state index contributed by atoms with van der Waals surface area (Å²) in [6, 6.07) is -0.891. The van der Waals surface area contributed by atoms with Crippen LogP contribution in [0.15, 0.2) is 48.6 Å². The third-order valence-corrected chi connectivity index (χ3v) is 15.5. The molecule has 1 N–H and O–H groups in total. The van der Waals surface area contributed by atoms with Crippen LogP contribution in [0.25, 0.3) is 0 Å². The molecule has 76 heavy (non-hydrogen) atoms.